The first-order chi connectivity index (χ1) is 10.1. The highest BCUT2D eigenvalue weighted by Gasteiger charge is 2.41. The standard InChI is InChI=1S/C17H28N2OS/c1-4-7-17(8-10-18-11-9-17)16(20)19(14(2)3)13-15-6-5-12-21-15/h5-6,12,14,18H,4,7-11,13H2,1-3H3. The number of carbonyl (C=O) groups excluding carboxylic acids is 1. The molecule has 1 aromatic rings. The van der Waals surface area contributed by atoms with Crippen LogP contribution in [0.4, 0.5) is 0 Å². The fraction of sp³-hybridized carbons (Fsp3) is 0.706. The first-order valence-electron chi connectivity index (χ1n) is 8.13. The van der Waals surface area contributed by atoms with E-state index in [2.05, 4.69) is 48.5 Å². The van der Waals surface area contributed by atoms with E-state index in [1.54, 1.807) is 11.3 Å². The number of nitrogens with zero attached hydrogens (tertiary/aromatic N) is 1. The number of nitrogens with one attached hydrogen (secondary N) is 1. The Kier molecular flexibility index (Phi) is 5.82. The van der Waals surface area contributed by atoms with E-state index in [1.807, 2.05) is 0 Å². The molecule has 2 heterocycles. The van der Waals surface area contributed by atoms with E-state index in [4.69, 9.17) is 0 Å². The Labute approximate surface area is 132 Å². The predicted molar refractivity (Wildman–Crippen MR) is 89.4 cm³/mol. The average molecular weight is 308 g/mol. The number of amides is 1. The second kappa shape index (κ2) is 7.41. The quantitative estimate of drug-likeness (QED) is 0.870. The Morgan fingerprint density at radius 1 is 1.43 bits per heavy atom. The van der Waals surface area contributed by atoms with Crippen LogP contribution in [0.25, 0.3) is 0 Å². The first kappa shape index (κ1) is 16.5. The molecule has 1 amide bonds. The molecule has 1 aliphatic rings. The third-order valence-electron chi connectivity index (χ3n) is 4.53. The summed E-state index contributed by atoms with van der Waals surface area (Å²) in [5.74, 6) is 0.370. The minimum atomic E-state index is -0.137. The van der Waals surface area contributed by atoms with Crippen molar-refractivity contribution in [3.8, 4) is 0 Å². The Bertz CT molecular complexity index is 430. The zero-order valence-corrected chi connectivity index (χ0v) is 14.3. The van der Waals surface area contributed by atoms with Crippen molar-refractivity contribution in [2.24, 2.45) is 5.41 Å². The lowest BCUT2D eigenvalue weighted by Gasteiger charge is -2.41. The van der Waals surface area contributed by atoms with Gasteiger partial charge in [-0.2, -0.15) is 0 Å². The molecule has 0 aromatic carbocycles. The van der Waals surface area contributed by atoms with E-state index in [0.29, 0.717) is 5.91 Å². The average Bonchev–Trinajstić information content (AvgIpc) is 2.98. The molecule has 0 bridgehead atoms. The van der Waals surface area contributed by atoms with E-state index in [1.165, 1.54) is 4.88 Å². The molecule has 0 aliphatic carbocycles. The molecule has 0 atom stereocenters. The van der Waals surface area contributed by atoms with E-state index >= 15 is 0 Å². The predicted octanol–water partition coefficient (Wildman–Crippen LogP) is 3.66. The second-order valence-corrected chi connectivity index (χ2v) is 7.42. The summed E-state index contributed by atoms with van der Waals surface area (Å²) in [6, 6.07) is 4.45. The van der Waals surface area contributed by atoms with Crippen LogP contribution in [-0.2, 0) is 11.3 Å². The molecular formula is C17H28N2OS. The molecule has 1 aromatic heterocycles. The Morgan fingerprint density at radius 2 is 2.14 bits per heavy atom. The monoisotopic (exact) mass is 308 g/mol. The fourth-order valence-electron chi connectivity index (χ4n) is 3.32. The number of piperidine rings is 1. The van der Waals surface area contributed by atoms with Gasteiger partial charge in [0, 0.05) is 10.9 Å². The second-order valence-electron chi connectivity index (χ2n) is 6.39. The highest BCUT2D eigenvalue weighted by atomic mass is 32.1. The van der Waals surface area contributed by atoms with Gasteiger partial charge in [-0.25, -0.2) is 0 Å². The van der Waals surface area contributed by atoms with Crippen LogP contribution >= 0.6 is 11.3 Å². The smallest absolute Gasteiger partial charge is 0.229 e. The van der Waals surface area contributed by atoms with Gasteiger partial charge in [-0.1, -0.05) is 19.4 Å². The fourth-order valence-corrected chi connectivity index (χ4v) is 4.02. The zero-order chi connectivity index (χ0) is 15.3. The van der Waals surface area contributed by atoms with Gasteiger partial charge in [-0.05, 0) is 57.6 Å². The molecule has 1 saturated heterocycles. The lowest BCUT2D eigenvalue weighted by atomic mass is 9.74. The largest absolute Gasteiger partial charge is 0.335 e. The van der Waals surface area contributed by atoms with Gasteiger partial charge >= 0.3 is 0 Å². The molecule has 4 heteroatoms. The van der Waals surface area contributed by atoms with Gasteiger partial charge in [0.1, 0.15) is 0 Å². The summed E-state index contributed by atoms with van der Waals surface area (Å²) in [4.78, 5) is 16.6. The van der Waals surface area contributed by atoms with Crippen molar-refractivity contribution in [2.45, 2.75) is 59.0 Å². The van der Waals surface area contributed by atoms with Crippen molar-refractivity contribution in [3.63, 3.8) is 0 Å². The van der Waals surface area contributed by atoms with Crippen molar-refractivity contribution >= 4 is 17.2 Å². The Balaban J connectivity index is 2.18. The minimum absolute atomic E-state index is 0.137. The summed E-state index contributed by atoms with van der Waals surface area (Å²) in [6.07, 6.45) is 4.05. The van der Waals surface area contributed by atoms with Gasteiger partial charge in [0.25, 0.3) is 0 Å². The first-order valence-corrected chi connectivity index (χ1v) is 9.01. The lowest BCUT2D eigenvalue weighted by molar-refractivity contribution is -0.147. The van der Waals surface area contributed by atoms with Crippen LogP contribution < -0.4 is 5.32 Å². The highest BCUT2D eigenvalue weighted by Crippen LogP contribution is 2.37. The number of hydrogen-bond acceptors (Lipinski definition) is 3. The van der Waals surface area contributed by atoms with Crippen LogP contribution in [0.15, 0.2) is 17.5 Å². The van der Waals surface area contributed by atoms with E-state index in [-0.39, 0.29) is 11.5 Å². The molecule has 3 nitrogen and oxygen atoms in total. The van der Waals surface area contributed by atoms with Gasteiger partial charge in [0.15, 0.2) is 0 Å². The molecule has 1 fully saturated rings. The third kappa shape index (κ3) is 3.86. The third-order valence-corrected chi connectivity index (χ3v) is 5.39. The molecule has 0 spiro atoms. The summed E-state index contributed by atoms with van der Waals surface area (Å²) < 4.78 is 0. The van der Waals surface area contributed by atoms with Crippen LogP contribution in [0.3, 0.4) is 0 Å². The van der Waals surface area contributed by atoms with E-state index < -0.39 is 0 Å². The van der Waals surface area contributed by atoms with E-state index in [0.717, 1.165) is 45.3 Å². The molecule has 0 radical (unpaired) electrons. The van der Waals surface area contributed by atoms with E-state index in [9.17, 15) is 4.79 Å². The molecule has 2 rings (SSSR count). The molecule has 0 saturated carbocycles. The van der Waals surface area contributed by atoms with Crippen LogP contribution in [0.1, 0.15) is 51.3 Å². The van der Waals surface area contributed by atoms with Gasteiger partial charge in [-0.3, -0.25) is 4.79 Å². The number of hydrogen-bond donors (Lipinski definition) is 1. The molecule has 118 valence electrons. The van der Waals surface area contributed by atoms with Crippen molar-refractivity contribution in [3.05, 3.63) is 22.4 Å². The summed E-state index contributed by atoms with van der Waals surface area (Å²) in [7, 11) is 0. The topological polar surface area (TPSA) is 32.3 Å². The van der Waals surface area contributed by atoms with Gasteiger partial charge in [0.2, 0.25) is 5.91 Å². The Hall–Kier alpha value is -0.870. The summed E-state index contributed by atoms with van der Waals surface area (Å²) >= 11 is 1.74. The lowest BCUT2D eigenvalue weighted by Crippen LogP contribution is -2.51. The summed E-state index contributed by atoms with van der Waals surface area (Å²) in [5, 5.41) is 5.49. The van der Waals surface area contributed by atoms with Crippen LogP contribution in [0.2, 0.25) is 0 Å². The van der Waals surface area contributed by atoms with Crippen LogP contribution in [0, 0.1) is 5.41 Å². The van der Waals surface area contributed by atoms with Crippen molar-refractivity contribution in [1.29, 1.82) is 0 Å². The van der Waals surface area contributed by atoms with Gasteiger partial charge in [0.05, 0.1) is 12.0 Å². The van der Waals surface area contributed by atoms with Crippen LogP contribution in [-0.4, -0.2) is 29.9 Å². The number of thiophene rings is 1. The van der Waals surface area contributed by atoms with Crippen LogP contribution in [0.5, 0.6) is 0 Å². The van der Waals surface area contributed by atoms with Gasteiger partial charge < -0.3 is 10.2 Å². The maximum absolute atomic E-state index is 13.3. The maximum atomic E-state index is 13.3. The number of rotatable bonds is 6. The summed E-state index contributed by atoms with van der Waals surface area (Å²) in [5.41, 5.74) is -0.137. The highest BCUT2D eigenvalue weighted by molar-refractivity contribution is 7.09. The maximum Gasteiger partial charge on any atom is 0.229 e. The van der Waals surface area contributed by atoms with Gasteiger partial charge in [-0.15, -0.1) is 11.3 Å². The minimum Gasteiger partial charge on any atom is -0.335 e. The van der Waals surface area contributed by atoms with Crippen molar-refractivity contribution in [1.82, 2.24) is 10.2 Å². The molecule has 21 heavy (non-hydrogen) atoms. The number of carbonyl (C=O) groups is 1. The molecule has 1 N–H and O–H groups in total. The molecule has 1 aliphatic heterocycles. The summed E-state index contributed by atoms with van der Waals surface area (Å²) in [6.45, 7) is 9.15. The SMILES string of the molecule is CCCC1(C(=O)N(Cc2cccs2)C(C)C)CCNCC1. The van der Waals surface area contributed by atoms with Crippen molar-refractivity contribution < 1.29 is 4.79 Å². The normalized spacial score (nSPS) is 17.9. The zero-order valence-electron chi connectivity index (χ0n) is 13.5. The molecule has 0 unspecified atom stereocenters. The van der Waals surface area contributed by atoms with Crippen molar-refractivity contribution in [2.75, 3.05) is 13.1 Å². The molecular weight excluding hydrogens is 280 g/mol. The Morgan fingerprint density at radius 3 is 2.67 bits per heavy atom.